The topological polar surface area (TPSA) is 87.6 Å². The zero-order valence-corrected chi connectivity index (χ0v) is 12.3. The first-order chi connectivity index (χ1) is 10.1. The quantitative estimate of drug-likeness (QED) is 0.869. The third kappa shape index (κ3) is 2.92. The molecule has 112 valence electrons. The molecule has 7 heteroatoms. The average Bonchev–Trinajstić information content (AvgIpc) is 2.47. The first-order valence-corrected chi connectivity index (χ1v) is 8.52. The predicted molar refractivity (Wildman–Crippen MR) is 79.7 cm³/mol. The van der Waals surface area contributed by atoms with Crippen molar-refractivity contribution in [2.75, 3.05) is 5.32 Å². The zero-order valence-electron chi connectivity index (χ0n) is 11.5. The number of nitrogens with zero attached hydrogens (tertiary/aromatic N) is 1. The molecule has 1 fully saturated rings. The smallest absolute Gasteiger partial charge is 0.288 e. The summed E-state index contributed by atoms with van der Waals surface area (Å²) in [7, 11) is -3.81. The van der Waals surface area contributed by atoms with Gasteiger partial charge in [0.2, 0.25) is 5.84 Å². The summed E-state index contributed by atoms with van der Waals surface area (Å²) in [4.78, 5) is 12.3. The number of benzene rings is 1. The molecule has 1 saturated carbocycles. The fraction of sp³-hybridized carbons (Fsp3) is 0.429. The second-order valence-corrected chi connectivity index (χ2v) is 6.92. The minimum Gasteiger partial charge on any atom is -0.347 e. The van der Waals surface area contributed by atoms with Gasteiger partial charge in [0.15, 0.2) is 0 Å². The van der Waals surface area contributed by atoms with Crippen molar-refractivity contribution in [1.29, 1.82) is 0 Å². The van der Waals surface area contributed by atoms with Crippen LogP contribution < -0.4 is 10.6 Å². The van der Waals surface area contributed by atoms with Crippen LogP contribution in [0.5, 0.6) is 0 Å². The molecular formula is C14H17N3O3S. The molecule has 21 heavy (non-hydrogen) atoms. The van der Waals surface area contributed by atoms with Gasteiger partial charge in [0.1, 0.15) is 4.90 Å². The molecule has 0 radical (unpaired) electrons. The van der Waals surface area contributed by atoms with Crippen molar-refractivity contribution < 1.29 is 13.2 Å². The summed E-state index contributed by atoms with van der Waals surface area (Å²) < 4.78 is 27.7. The van der Waals surface area contributed by atoms with E-state index in [1.165, 1.54) is 12.5 Å². The van der Waals surface area contributed by atoms with E-state index in [1.54, 1.807) is 18.2 Å². The minimum absolute atomic E-state index is 0.0965. The normalized spacial score (nSPS) is 20.9. The van der Waals surface area contributed by atoms with Crippen LogP contribution in [0.4, 0.5) is 5.69 Å². The Morgan fingerprint density at radius 1 is 1.19 bits per heavy atom. The summed E-state index contributed by atoms with van der Waals surface area (Å²) in [5.74, 6) is -0.612. The molecule has 0 atom stereocenters. The van der Waals surface area contributed by atoms with Crippen LogP contribution in [-0.2, 0) is 14.8 Å². The zero-order chi connectivity index (χ0) is 14.9. The van der Waals surface area contributed by atoms with E-state index in [0.29, 0.717) is 5.69 Å². The number of fused-ring (bicyclic) bond motifs is 1. The summed E-state index contributed by atoms with van der Waals surface area (Å²) in [6.07, 6.45) is 5.23. The maximum absolute atomic E-state index is 12.2. The molecule has 1 heterocycles. The minimum atomic E-state index is -3.81. The molecule has 3 rings (SSSR count). The SMILES string of the molecule is O=C(NC1CCCCC1)C1=NS(=O)(=O)c2ccccc2N1. The van der Waals surface area contributed by atoms with Crippen molar-refractivity contribution in [3.8, 4) is 0 Å². The van der Waals surface area contributed by atoms with Gasteiger partial charge >= 0.3 is 0 Å². The first-order valence-electron chi connectivity index (χ1n) is 7.08. The third-order valence-corrected chi connectivity index (χ3v) is 5.12. The lowest BCUT2D eigenvalue weighted by atomic mass is 9.95. The van der Waals surface area contributed by atoms with Crippen molar-refractivity contribution in [1.82, 2.24) is 5.32 Å². The van der Waals surface area contributed by atoms with Gasteiger partial charge in [-0.15, -0.1) is 4.40 Å². The number of carbonyl (C=O) groups excluding carboxylic acids is 1. The highest BCUT2D eigenvalue weighted by Gasteiger charge is 2.28. The van der Waals surface area contributed by atoms with Crippen molar-refractivity contribution in [2.45, 2.75) is 43.0 Å². The second-order valence-electron chi connectivity index (χ2n) is 5.34. The highest BCUT2D eigenvalue weighted by Crippen LogP contribution is 2.26. The van der Waals surface area contributed by atoms with Crippen molar-refractivity contribution in [3.63, 3.8) is 0 Å². The highest BCUT2D eigenvalue weighted by atomic mass is 32.2. The van der Waals surface area contributed by atoms with E-state index in [0.717, 1.165) is 25.7 Å². The Hall–Kier alpha value is -1.89. The molecule has 0 unspecified atom stereocenters. The number of nitrogens with one attached hydrogen (secondary N) is 2. The van der Waals surface area contributed by atoms with Crippen molar-refractivity contribution in [2.24, 2.45) is 4.40 Å². The Kier molecular flexibility index (Phi) is 3.67. The molecule has 0 saturated heterocycles. The lowest BCUT2D eigenvalue weighted by molar-refractivity contribution is -0.115. The number of rotatable bonds is 2. The van der Waals surface area contributed by atoms with E-state index in [1.807, 2.05) is 0 Å². The first kappa shape index (κ1) is 14.1. The predicted octanol–water partition coefficient (Wildman–Crippen LogP) is 1.65. The number of sulfonamides is 1. The fourth-order valence-corrected chi connectivity index (χ4v) is 3.83. The molecule has 1 aliphatic heterocycles. The standard InChI is InChI=1S/C14H17N3O3S/c18-14(15-10-6-2-1-3-7-10)13-16-11-8-4-5-9-12(11)21(19,20)17-13/h4-5,8-10H,1-3,6-7H2,(H,15,18)(H,16,17). The van der Waals surface area contributed by atoms with Crippen LogP contribution in [0.1, 0.15) is 32.1 Å². The molecule has 0 bridgehead atoms. The third-order valence-electron chi connectivity index (χ3n) is 3.78. The van der Waals surface area contributed by atoms with Gasteiger partial charge in [0.25, 0.3) is 15.9 Å². The van der Waals surface area contributed by atoms with Gasteiger partial charge in [0.05, 0.1) is 5.69 Å². The van der Waals surface area contributed by atoms with E-state index in [-0.39, 0.29) is 16.8 Å². The maximum Gasteiger partial charge on any atom is 0.288 e. The van der Waals surface area contributed by atoms with Gasteiger partial charge < -0.3 is 10.6 Å². The molecule has 1 aromatic carbocycles. The number of hydrogen-bond acceptors (Lipinski definition) is 4. The largest absolute Gasteiger partial charge is 0.347 e. The lowest BCUT2D eigenvalue weighted by Gasteiger charge is -2.24. The van der Waals surface area contributed by atoms with Crippen LogP contribution in [0.15, 0.2) is 33.6 Å². The molecule has 1 aliphatic carbocycles. The molecule has 1 amide bonds. The molecule has 0 spiro atoms. The highest BCUT2D eigenvalue weighted by molar-refractivity contribution is 7.90. The van der Waals surface area contributed by atoms with Gasteiger partial charge in [-0.25, -0.2) is 0 Å². The Balaban J connectivity index is 1.80. The van der Waals surface area contributed by atoms with E-state index in [4.69, 9.17) is 0 Å². The van der Waals surface area contributed by atoms with Crippen LogP contribution in [-0.4, -0.2) is 26.2 Å². The Labute approximate surface area is 123 Å². The summed E-state index contributed by atoms with van der Waals surface area (Å²) in [5, 5.41) is 5.66. The van der Waals surface area contributed by atoms with E-state index < -0.39 is 15.9 Å². The Morgan fingerprint density at radius 3 is 2.67 bits per heavy atom. The molecule has 2 N–H and O–H groups in total. The lowest BCUT2D eigenvalue weighted by Crippen LogP contribution is -2.44. The number of amides is 1. The monoisotopic (exact) mass is 307 g/mol. The van der Waals surface area contributed by atoms with Gasteiger partial charge in [-0.1, -0.05) is 31.4 Å². The number of para-hydroxylation sites is 1. The number of amidine groups is 1. The van der Waals surface area contributed by atoms with Gasteiger partial charge in [-0.3, -0.25) is 4.79 Å². The van der Waals surface area contributed by atoms with Gasteiger partial charge in [0, 0.05) is 6.04 Å². The van der Waals surface area contributed by atoms with Crippen LogP contribution in [0.2, 0.25) is 0 Å². The number of hydrogen-bond donors (Lipinski definition) is 2. The van der Waals surface area contributed by atoms with Crippen LogP contribution >= 0.6 is 0 Å². The van der Waals surface area contributed by atoms with Gasteiger partial charge in [-0.2, -0.15) is 8.42 Å². The molecule has 2 aliphatic rings. The summed E-state index contributed by atoms with van der Waals surface area (Å²) in [5.41, 5.74) is 0.390. The second kappa shape index (κ2) is 5.48. The fourth-order valence-electron chi connectivity index (χ4n) is 2.71. The summed E-state index contributed by atoms with van der Waals surface area (Å²) in [6, 6.07) is 6.53. The van der Waals surface area contributed by atoms with Gasteiger partial charge in [-0.05, 0) is 25.0 Å². The number of anilines is 1. The van der Waals surface area contributed by atoms with E-state index in [2.05, 4.69) is 15.0 Å². The van der Waals surface area contributed by atoms with Crippen molar-refractivity contribution in [3.05, 3.63) is 24.3 Å². The van der Waals surface area contributed by atoms with E-state index >= 15 is 0 Å². The average molecular weight is 307 g/mol. The molecule has 1 aromatic rings. The maximum atomic E-state index is 12.2. The molecular weight excluding hydrogens is 290 g/mol. The van der Waals surface area contributed by atoms with E-state index in [9.17, 15) is 13.2 Å². The Bertz CT molecular complexity index is 691. The van der Waals surface area contributed by atoms with Crippen molar-refractivity contribution >= 4 is 27.5 Å². The Morgan fingerprint density at radius 2 is 1.90 bits per heavy atom. The van der Waals surface area contributed by atoms with Crippen LogP contribution in [0.3, 0.4) is 0 Å². The van der Waals surface area contributed by atoms with Crippen LogP contribution in [0, 0.1) is 0 Å². The van der Waals surface area contributed by atoms with Crippen LogP contribution in [0.25, 0.3) is 0 Å². The number of carbonyl (C=O) groups is 1. The summed E-state index contributed by atoms with van der Waals surface area (Å²) in [6.45, 7) is 0. The summed E-state index contributed by atoms with van der Waals surface area (Å²) >= 11 is 0. The molecule has 0 aromatic heterocycles. The molecule has 6 nitrogen and oxygen atoms in total.